The van der Waals surface area contributed by atoms with Crippen molar-refractivity contribution in [2.45, 2.75) is 44.4 Å². The fraction of sp³-hybridized carbons (Fsp3) is 0.296. The topological polar surface area (TPSA) is 110 Å². The number of hydrogen-bond acceptors (Lipinski definition) is 6. The Kier molecular flexibility index (Phi) is 6.54. The summed E-state index contributed by atoms with van der Waals surface area (Å²) in [6.45, 7) is 0.287. The van der Waals surface area contributed by atoms with Crippen LogP contribution < -0.4 is 16.4 Å². The van der Waals surface area contributed by atoms with E-state index in [1.54, 1.807) is 12.3 Å². The number of benzene rings is 1. The summed E-state index contributed by atoms with van der Waals surface area (Å²) in [5, 5.41) is 12.9. The minimum atomic E-state index is -4.85. The molecule has 0 aliphatic heterocycles. The summed E-state index contributed by atoms with van der Waals surface area (Å²) in [4.78, 5) is 29.3. The molecule has 0 radical (unpaired) electrons. The standard InChI is InChI=1S/C27H22F5N7O2/c28-16-4-5-22-35-24(37-39(22)13-16)19-9-15-6-7-38(26(41)18(15)10-20(19)29)12-14-2-1-3-17(8-14)34-21-11-33-36-25(40)23(21)27(30,31)32/h4-7,9-11,13-14,17H,1-3,8,12H2,(H2,34,36,40)/t14-,17+/m1/s1. The van der Waals surface area contributed by atoms with Crippen molar-refractivity contribution in [1.29, 1.82) is 0 Å². The van der Waals surface area contributed by atoms with Crippen LogP contribution in [0.25, 0.3) is 27.8 Å². The van der Waals surface area contributed by atoms with E-state index >= 15 is 4.39 Å². The summed E-state index contributed by atoms with van der Waals surface area (Å²) < 4.78 is 71.7. The Labute approximate surface area is 227 Å². The van der Waals surface area contributed by atoms with Crippen LogP contribution in [0.4, 0.5) is 27.6 Å². The van der Waals surface area contributed by atoms with Crippen LogP contribution in [0.15, 0.2) is 58.5 Å². The Balaban J connectivity index is 1.23. The second kappa shape index (κ2) is 10.1. The maximum atomic E-state index is 15.2. The van der Waals surface area contributed by atoms with Crippen molar-refractivity contribution >= 4 is 22.1 Å². The van der Waals surface area contributed by atoms with Gasteiger partial charge in [0, 0.05) is 18.8 Å². The predicted octanol–water partition coefficient (Wildman–Crippen LogP) is 4.76. The first-order valence-corrected chi connectivity index (χ1v) is 12.8. The third-order valence-electron chi connectivity index (χ3n) is 7.34. The lowest BCUT2D eigenvalue weighted by atomic mass is 9.85. The van der Waals surface area contributed by atoms with E-state index in [2.05, 4.69) is 20.5 Å². The molecule has 0 bridgehead atoms. The number of aromatic nitrogens is 6. The number of H-pyrrole nitrogens is 1. The van der Waals surface area contributed by atoms with Gasteiger partial charge >= 0.3 is 6.18 Å². The molecule has 1 aliphatic carbocycles. The lowest BCUT2D eigenvalue weighted by Gasteiger charge is -2.31. The summed E-state index contributed by atoms with van der Waals surface area (Å²) in [6, 6.07) is 6.54. The molecule has 1 saturated carbocycles. The number of hydrogen-bond donors (Lipinski definition) is 2. The highest BCUT2D eigenvalue weighted by molar-refractivity contribution is 5.86. The number of rotatable bonds is 5. The first kappa shape index (κ1) is 26.6. The van der Waals surface area contributed by atoms with Gasteiger partial charge in [-0.25, -0.2) is 23.4 Å². The normalized spacial score (nSPS) is 17.8. The second-order valence-electron chi connectivity index (χ2n) is 10.1. The van der Waals surface area contributed by atoms with E-state index in [-0.39, 0.29) is 41.0 Å². The molecule has 4 aromatic heterocycles. The molecule has 6 rings (SSSR count). The molecular formula is C27H22F5N7O2. The zero-order chi connectivity index (χ0) is 28.9. The molecule has 1 aliphatic rings. The molecule has 2 atom stereocenters. The number of alkyl halides is 3. The molecule has 212 valence electrons. The van der Waals surface area contributed by atoms with Gasteiger partial charge in [0.05, 0.1) is 29.0 Å². The highest BCUT2D eigenvalue weighted by Crippen LogP contribution is 2.34. The van der Waals surface area contributed by atoms with Crippen LogP contribution in [0.3, 0.4) is 0 Å². The predicted molar refractivity (Wildman–Crippen MR) is 139 cm³/mol. The maximum Gasteiger partial charge on any atom is 0.423 e. The Morgan fingerprint density at radius 1 is 1.10 bits per heavy atom. The SMILES string of the molecule is O=c1[nH]ncc(N[C@H]2CCC[C@@H](Cn3ccc4cc(-c5nc6ccc(F)cn6n5)c(F)cc4c3=O)C2)c1C(F)(F)F. The van der Waals surface area contributed by atoms with E-state index in [0.29, 0.717) is 30.3 Å². The third kappa shape index (κ3) is 5.16. The molecule has 1 fully saturated rings. The Bertz CT molecular complexity index is 1900. The van der Waals surface area contributed by atoms with Crippen LogP contribution in [0, 0.1) is 17.6 Å². The molecule has 14 heteroatoms. The van der Waals surface area contributed by atoms with E-state index in [0.717, 1.165) is 24.9 Å². The molecule has 0 saturated heterocycles. The molecule has 0 unspecified atom stereocenters. The zero-order valence-electron chi connectivity index (χ0n) is 21.3. The van der Waals surface area contributed by atoms with Crippen molar-refractivity contribution in [3.63, 3.8) is 0 Å². The fourth-order valence-electron chi connectivity index (χ4n) is 5.47. The van der Waals surface area contributed by atoms with E-state index in [1.807, 2.05) is 5.10 Å². The largest absolute Gasteiger partial charge is 0.423 e. The fourth-order valence-corrected chi connectivity index (χ4v) is 5.47. The minimum Gasteiger partial charge on any atom is -0.380 e. The van der Waals surface area contributed by atoms with Crippen LogP contribution in [-0.4, -0.2) is 35.4 Å². The highest BCUT2D eigenvalue weighted by Gasteiger charge is 2.38. The van der Waals surface area contributed by atoms with Crippen LogP contribution in [-0.2, 0) is 12.7 Å². The van der Waals surface area contributed by atoms with E-state index < -0.39 is 34.5 Å². The quantitative estimate of drug-likeness (QED) is 0.295. The van der Waals surface area contributed by atoms with Gasteiger partial charge in [0.1, 0.15) is 17.2 Å². The third-order valence-corrected chi connectivity index (χ3v) is 7.34. The molecule has 0 spiro atoms. The van der Waals surface area contributed by atoms with Crippen molar-refractivity contribution in [2.24, 2.45) is 5.92 Å². The zero-order valence-corrected chi connectivity index (χ0v) is 21.3. The van der Waals surface area contributed by atoms with E-state index in [4.69, 9.17) is 0 Å². The second-order valence-corrected chi connectivity index (χ2v) is 10.1. The summed E-state index contributed by atoms with van der Waals surface area (Å²) >= 11 is 0. The van der Waals surface area contributed by atoms with Crippen LogP contribution in [0.1, 0.15) is 31.2 Å². The summed E-state index contributed by atoms with van der Waals surface area (Å²) in [6.07, 6.45) is 1.32. The molecule has 5 aromatic rings. The number of halogens is 5. The van der Waals surface area contributed by atoms with Gasteiger partial charge in [0.15, 0.2) is 11.5 Å². The Morgan fingerprint density at radius 3 is 2.73 bits per heavy atom. The smallest absolute Gasteiger partial charge is 0.380 e. The monoisotopic (exact) mass is 571 g/mol. The van der Waals surface area contributed by atoms with Gasteiger partial charge < -0.3 is 9.88 Å². The average Bonchev–Trinajstić information content (AvgIpc) is 3.33. The lowest BCUT2D eigenvalue weighted by molar-refractivity contribution is -0.138. The van der Waals surface area contributed by atoms with Crippen molar-refractivity contribution in [1.82, 2.24) is 29.4 Å². The molecule has 1 aromatic carbocycles. The van der Waals surface area contributed by atoms with Gasteiger partial charge in [0.2, 0.25) is 0 Å². The number of pyridine rings is 2. The first-order valence-electron chi connectivity index (χ1n) is 12.8. The van der Waals surface area contributed by atoms with E-state index in [1.165, 1.54) is 27.3 Å². The molecule has 4 heterocycles. The number of nitrogens with zero attached hydrogens (tertiary/aromatic N) is 5. The summed E-state index contributed by atoms with van der Waals surface area (Å²) in [5.41, 5.74) is -3.04. The van der Waals surface area contributed by atoms with Crippen molar-refractivity contribution in [3.05, 3.63) is 86.8 Å². The minimum absolute atomic E-state index is 0.0456. The lowest BCUT2D eigenvalue weighted by Crippen LogP contribution is -2.33. The highest BCUT2D eigenvalue weighted by atomic mass is 19.4. The first-order chi connectivity index (χ1) is 19.6. The van der Waals surface area contributed by atoms with Crippen molar-refractivity contribution < 1.29 is 22.0 Å². The van der Waals surface area contributed by atoms with Crippen LogP contribution in [0.5, 0.6) is 0 Å². The van der Waals surface area contributed by atoms with E-state index in [9.17, 15) is 27.2 Å². The summed E-state index contributed by atoms with van der Waals surface area (Å²) in [5.74, 6) is -1.24. The average molecular weight is 572 g/mol. The van der Waals surface area contributed by atoms with Gasteiger partial charge in [-0.05, 0) is 60.9 Å². The maximum absolute atomic E-state index is 15.2. The molecule has 9 nitrogen and oxygen atoms in total. The van der Waals surface area contributed by atoms with Crippen molar-refractivity contribution in [2.75, 3.05) is 5.32 Å². The van der Waals surface area contributed by atoms with Gasteiger partial charge in [0.25, 0.3) is 11.1 Å². The molecule has 2 N–H and O–H groups in total. The number of aromatic amines is 1. The van der Waals surface area contributed by atoms with Crippen molar-refractivity contribution in [3.8, 4) is 11.4 Å². The van der Waals surface area contributed by atoms with Crippen LogP contribution >= 0.6 is 0 Å². The Morgan fingerprint density at radius 2 is 1.93 bits per heavy atom. The van der Waals surface area contributed by atoms with Gasteiger partial charge in [-0.15, -0.1) is 5.10 Å². The Hall–Kier alpha value is -4.62. The summed E-state index contributed by atoms with van der Waals surface area (Å²) in [7, 11) is 0. The molecule has 41 heavy (non-hydrogen) atoms. The molecule has 0 amide bonds. The van der Waals surface area contributed by atoms with Gasteiger partial charge in [-0.1, -0.05) is 6.42 Å². The number of nitrogens with one attached hydrogen (secondary N) is 2. The van der Waals surface area contributed by atoms with Gasteiger partial charge in [-0.3, -0.25) is 9.59 Å². The number of anilines is 1. The molecular weight excluding hydrogens is 549 g/mol. The van der Waals surface area contributed by atoms with Gasteiger partial charge in [-0.2, -0.15) is 18.3 Å². The van der Waals surface area contributed by atoms with Crippen LogP contribution in [0.2, 0.25) is 0 Å². The number of fused-ring (bicyclic) bond motifs is 2.